The maximum Gasteiger partial charge on any atom is 0.410 e. The van der Waals surface area contributed by atoms with Crippen LogP contribution < -0.4 is 4.90 Å². The first-order valence-electron chi connectivity index (χ1n) is 14.0. The van der Waals surface area contributed by atoms with Crippen molar-refractivity contribution < 1.29 is 28.6 Å². The number of piperazine rings is 1. The number of carbonyl (C=O) groups is 3. The third kappa shape index (κ3) is 6.76. The van der Waals surface area contributed by atoms with Gasteiger partial charge in [0.2, 0.25) is 5.91 Å². The number of fused-ring (bicyclic) bond motifs is 1. The lowest BCUT2D eigenvalue weighted by molar-refractivity contribution is -0.128. The Morgan fingerprint density at radius 1 is 1.15 bits per heavy atom. The molecule has 2 aliphatic heterocycles. The third-order valence-electron chi connectivity index (χ3n) is 7.69. The molecule has 1 N–H and O–H groups in total. The molecule has 2 aromatic rings. The molecule has 0 aliphatic carbocycles. The van der Waals surface area contributed by atoms with Gasteiger partial charge in [0.05, 0.1) is 36.3 Å². The highest BCUT2D eigenvalue weighted by Gasteiger charge is 2.43. The molecule has 9 nitrogen and oxygen atoms in total. The molecule has 2 amide bonds. The van der Waals surface area contributed by atoms with Gasteiger partial charge in [-0.05, 0) is 70.4 Å². The number of rotatable bonds is 6. The molecule has 10 heteroatoms. The Hall–Kier alpha value is -3.37. The minimum atomic E-state index is -0.662. The van der Waals surface area contributed by atoms with Gasteiger partial charge >= 0.3 is 6.09 Å². The Labute approximate surface area is 241 Å². The molecule has 2 aliphatic rings. The van der Waals surface area contributed by atoms with Gasteiger partial charge in [0, 0.05) is 31.1 Å². The number of hydrogen-bond donors (Lipinski definition) is 1. The first kappa shape index (κ1) is 30.6. The summed E-state index contributed by atoms with van der Waals surface area (Å²) < 4.78 is 19.0. The van der Waals surface area contributed by atoms with Crippen molar-refractivity contribution in [2.24, 2.45) is 0 Å². The van der Waals surface area contributed by atoms with E-state index in [4.69, 9.17) is 9.72 Å². The predicted octanol–water partition coefficient (Wildman–Crippen LogP) is 3.83. The summed E-state index contributed by atoms with van der Waals surface area (Å²) in [6, 6.07) is 7.17. The lowest BCUT2D eigenvalue weighted by Gasteiger charge is -2.44. The zero-order chi connectivity index (χ0) is 30.3. The smallest absolute Gasteiger partial charge is 0.410 e. The molecule has 0 unspecified atom stereocenters. The maximum absolute atomic E-state index is 13.9. The van der Waals surface area contributed by atoms with Crippen molar-refractivity contribution in [1.29, 1.82) is 0 Å². The van der Waals surface area contributed by atoms with E-state index in [9.17, 15) is 23.9 Å². The summed E-state index contributed by atoms with van der Waals surface area (Å²) in [4.78, 5) is 49.3. The quantitative estimate of drug-likeness (QED) is 0.565. The highest BCUT2D eigenvalue weighted by Crippen LogP contribution is 2.41. The van der Waals surface area contributed by atoms with Gasteiger partial charge < -0.3 is 19.6 Å². The van der Waals surface area contributed by atoms with Gasteiger partial charge in [0.25, 0.3) is 0 Å². The fraction of sp³-hybridized carbons (Fsp3) is 0.548. The van der Waals surface area contributed by atoms with Crippen LogP contribution in [0.15, 0.2) is 30.3 Å². The van der Waals surface area contributed by atoms with E-state index in [-0.39, 0.29) is 43.2 Å². The first-order valence-corrected chi connectivity index (χ1v) is 14.0. The second kappa shape index (κ2) is 11.5. The van der Waals surface area contributed by atoms with Crippen molar-refractivity contribution in [3.63, 3.8) is 0 Å². The van der Waals surface area contributed by atoms with E-state index in [1.54, 1.807) is 42.7 Å². The van der Waals surface area contributed by atoms with Gasteiger partial charge in [-0.1, -0.05) is 26.0 Å². The van der Waals surface area contributed by atoms with Crippen LogP contribution in [0.1, 0.15) is 71.0 Å². The average Bonchev–Trinajstić information content (AvgIpc) is 3.13. The first-order chi connectivity index (χ1) is 19.1. The van der Waals surface area contributed by atoms with E-state index in [0.717, 1.165) is 16.8 Å². The summed E-state index contributed by atoms with van der Waals surface area (Å²) in [6.45, 7) is 13.4. The largest absolute Gasteiger partial charge is 0.444 e. The van der Waals surface area contributed by atoms with E-state index in [0.29, 0.717) is 30.9 Å². The zero-order valence-corrected chi connectivity index (χ0v) is 25.0. The molecule has 0 bridgehead atoms. The molecule has 1 aromatic carbocycles. The molecule has 3 heterocycles. The predicted molar refractivity (Wildman–Crippen MR) is 153 cm³/mol. The zero-order valence-electron chi connectivity index (χ0n) is 25.0. The van der Waals surface area contributed by atoms with Crippen LogP contribution in [0.3, 0.4) is 0 Å². The summed E-state index contributed by atoms with van der Waals surface area (Å²) in [5.41, 5.74) is 2.43. The van der Waals surface area contributed by atoms with Gasteiger partial charge in [-0.3, -0.25) is 19.5 Å². The number of ether oxygens (including phenoxy) is 1. The number of aliphatic hydroxyl groups excluding tert-OH is 1. The second-order valence-corrected chi connectivity index (χ2v) is 12.8. The van der Waals surface area contributed by atoms with Crippen LogP contribution >= 0.6 is 0 Å². The number of carbonyl (C=O) groups excluding carboxylic acids is 3. The Bertz CT molecular complexity index is 1320. The Balaban J connectivity index is 1.58. The van der Waals surface area contributed by atoms with Gasteiger partial charge in [-0.2, -0.15) is 0 Å². The lowest BCUT2D eigenvalue weighted by atomic mass is 9.90. The molecule has 0 radical (unpaired) electrons. The Kier molecular flexibility index (Phi) is 8.57. The molecular formula is C31H41FN4O5. The molecule has 4 rings (SSSR count). The number of nitrogens with zero attached hydrogens (tertiary/aromatic N) is 4. The van der Waals surface area contributed by atoms with Crippen LogP contribution in [0.4, 0.5) is 14.9 Å². The number of ketones is 1. The number of halogens is 1. The van der Waals surface area contributed by atoms with Crippen molar-refractivity contribution in [1.82, 2.24) is 14.8 Å². The lowest BCUT2D eigenvalue weighted by Crippen LogP contribution is -2.63. The monoisotopic (exact) mass is 568 g/mol. The van der Waals surface area contributed by atoms with Gasteiger partial charge in [0.1, 0.15) is 17.2 Å². The Morgan fingerprint density at radius 3 is 2.39 bits per heavy atom. The summed E-state index contributed by atoms with van der Waals surface area (Å²) >= 11 is 0. The summed E-state index contributed by atoms with van der Waals surface area (Å²) in [7, 11) is 0. The maximum atomic E-state index is 13.9. The van der Waals surface area contributed by atoms with Crippen molar-refractivity contribution in [2.75, 3.05) is 31.1 Å². The Morgan fingerprint density at radius 2 is 1.80 bits per heavy atom. The second-order valence-electron chi connectivity index (χ2n) is 12.8. The minimum Gasteiger partial charge on any atom is -0.444 e. The van der Waals surface area contributed by atoms with Crippen molar-refractivity contribution in [3.05, 3.63) is 58.7 Å². The van der Waals surface area contributed by atoms with E-state index >= 15 is 0 Å². The minimum absolute atomic E-state index is 0.00130. The number of pyridine rings is 1. The van der Waals surface area contributed by atoms with E-state index in [1.165, 1.54) is 19.1 Å². The summed E-state index contributed by atoms with van der Waals surface area (Å²) in [5.74, 6) is -0.629. The average molecular weight is 569 g/mol. The molecular weight excluding hydrogens is 527 g/mol. The molecule has 0 saturated carbocycles. The van der Waals surface area contributed by atoms with Crippen LogP contribution in [-0.2, 0) is 32.8 Å². The highest BCUT2D eigenvalue weighted by molar-refractivity contribution is 5.98. The van der Waals surface area contributed by atoms with E-state index < -0.39 is 23.2 Å². The number of aromatic nitrogens is 1. The molecule has 2 atom stereocenters. The van der Waals surface area contributed by atoms with Crippen LogP contribution in [0, 0.1) is 5.82 Å². The normalized spacial score (nSPS) is 20.6. The number of amides is 2. The fourth-order valence-electron chi connectivity index (χ4n) is 5.62. The molecule has 1 saturated heterocycles. The molecule has 0 spiro atoms. The van der Waals surface area contributed by atoms with Crippen LogP contribution in [-0.4, -0.2) is 81.5 Å². The third-order valence-corrected chi connectivity index (χ3v) is 7.69. The molecule has 222 valence electrons. The highest BCUT2D eigenvalue weighted by atomic mass is 19.1. The van der Waals surface area contributed by atoms with Gasteiger partial charge in [-0.15, -0.1) is 0 Å². The summed E-state index contributed by atoms with van der Waals surface area (Å²) in [6.07, 6.45) is -0.0490. The van der Waals surface area contributed by atoms with Gasteiger partial charge in [-0.25, -0.2) is 9.18 Å². The van der Waals surface area contributed by atoms with Crippen molar-refractivity contribution in [2.45, 2.75) is 84.6 Å². The number of aliphatic hydroxyl groups is 1. The van der Waals surface area contributed by atoms with Crippen LogP contribution in [0.2, 0.25) is 0 Å². The SMILES string of the molecule is CC(=O)[C@H]1CN(C(=O)OC(C)(C)C)[C@H](C)CN1CC(=O)N1CC(C)(C)c2nc(CO)c(Cc3ccc(F)cc3)cc21. The van der Waals surface area contributed by atoms with Crippen LogP contribution in [0.25, 0.3) is 0 Å². The van der Waals surface area contributed by atoms with E-state index in [1.807, 2.05) is 31.7 Å². The topological polar surface area (TPSA) is 103 Å². The summed E-state index contributed by atoms with van der Waals surface area (Å²) in [5, 5.41) is 10.1. The number of hydrogen-bond acceptors (Lipinski definition) is 7. The van der Waals surface area contributed by atoms with Crippen molar-refractivity contribution in [3.8, 4) is 0 Å². The van der Waals surface area contributed by atoms with Crippen molar-refractivity contribution >= 4 is 23.5 Å². The fourth-order valence-corrected chi connectivity index (χ4v) is 5.62. The van der Waals surface area contributed by atoms with Gasteiger partial charge in [0.15, 0.2) is 0 Å². The molecule has 1 fully saturated rings. The number of anilines is 1. The molecule has 1 aromatic heterocycles. The molecule has 41 heavy (non-hydrogen) atoms. The number of Topliss-reactive ketones (excluding diaryl/α,β-unsaturated/α-hetero) is 1. The standard InChI is InChI=1S/C31H41FN4O5/c1-19-14-34(26(20(2)38)15-35(19)29(40)41-30(3,4)5)16-27(39)36-18-31(6,7)28-25(36)13-22(24(17-37)33-28)12-21-8-10-23(32)11-9-21/h8-11,13,19,26,37H,12,14-18H2,1-7H3/t19-,26-/m1/s1. The number of benzene rings is 1. The van der Waals surface area contributed by atoms with Crippen LogP contribution in [0.5, 0.6) is 0 Å². The van der Waals surface area contributed by atoms with E-state index in [2.05, 4.69) is 0 Å².